The van der Waals surface area contributed by atoms with Gasteiger partial charge in [0.1, 0.15) is 6.04 Å². The van der Waals surface area contributed by atoms with E-state index >= 15 is 0 Å². The van der Waals surface area contributed by atoms with Crippen molar-refractivity contribution < 1.29 is 9.59 Å². The first-order valence-electron chi connectivity index (χ1n) is 10.4. The summed E-state index contributed by atoms with van der Waals surface area (Å²) >= 11 is 12.3. The molecule has 0 fully saturated rings. The molecule has 0 saturated heterocycles. The molecular weight excluding hydrogens is 419 g/mol. The summed E-state index contributed by atoms with van der Waals surface area (Å²) < 4.78 is 0. The Kier molecular flexibility index (Phi) is 9.67. The van der Waals surface area contributed by atoms with Crippen LogP contribution in [0.3, 0.4) is 0 Å². The zero-order chi connectivity index (χ0) is 22.1. The van der Waals surface area contributed by atoms with Gasteiger partial charge < -0.3 is 10.2 Å². The molecule has 2 rings (SSSR count). The van der Waals surface area contributed by atoms with Crippen molar-refractivity contribution in [1.29, 1.82) is 0 Å². The summed E-state index contributed by atoms with van der Waals surface area (Å²) in [4.78, 5) is 27.9. The molecular formula is C24H30Cl2N2O2. The minimum atomic E-state index is -0.541. The number of carbonyl (C=O) groups is 2. The third kappa shape index (κ3) is 7.03. The molecule has 6 heteroatoms. The zero-order valence-corrected chi connectivity index (χ0v) is 19.4. The van der Waals surface area contributed by atoms with Crippen LogP contribution in [0, 0.1) is 6.92 Å². The van der Waals surface area contributed by atoms with Crippen LogP contribution in [0.15, 0.2) is 42.5 Å². The van der Waals surface area contributed by atoms with Crippen molar-refractivity contribution in [3.63, 3.8) is 0 Å². The lowest BCUT2D eigenvalue weighted by molar-refractivity contribution is -0.140. The van der Waals surface area contributed by atoms with Crippen molar-refractivity contribution in [3.05, 3.63) is 69.2 Å². The molecule has 0 aliphatic carbocycles. The lowest BCUT2D eigenvalue weighted by atomic mass is 10.1. The summed E-state index contributed by atoms with van der Waals surface area (Å²) in [5.74, 6) is -0.257. The quantitative estimate of drug-likeness (QED) is 0.483. The highest BCUT2D eigenvalue weighted by Crippen LogP contribution is 2.23. The molecule has 30 heavy (non-hydrogen) atoms. The van der Waals surface area contributed by atoms with Crippen molar-refractivity contribution in [1.82, 2.24) is 10.2 Å². The average molecular weight is 449 g/mol. The maximum atomic E-state index is 13.3. The summed E-state index contributed by atoms with van der Waals surface area (Å²) in [5.41, 5.74) is 2.80. The molecule has 0 unspecified atom stereocenters. The third-order valence-corrected chi connectivity index (χ3v) is 5.59. The Morgan fingerprint density at radius 1 is 1.10 bits per heavy atom. The lowest BCUT2D eigenvalue weighted by Gasteiger charge is -2.31. The summed E-state index contributed by atoms with van der Waals surface area (Å²) in [5, 5.41) is 3.95. The van der Waals surface area contributed by atoms with E-state index in [9.17, 15) is 9.59 Å². The third-order valence-electron chi connectivity index (χ3n) is 5.01. The number of hydrogen-bond donors (Lipinski definition) is 1. The molecule has 1 N–H and O–H groups in total. The normalized spacial score (nSPS) is 11.8. The van der Waals surface area contributed by atoms with E-state index in [2.05, 4.69) is 12.2 Å². The molecule has 1 atom stereocenters. The van der Waals surface area contributed by atoms with Crippen LogP contribution in [0.5, 0.6) is 0 Å². The van der Waals surface area contributed by atoms with Gasteiger partial charge in [-0.05, 0) is 43.0 Å². The molecule has 2 aromatic carbocycles. The number of benzene rings is 2. The average Bonchev–Trinajstić information content (AvgIpc) is 2.70. The zero-order valence-electron chi connectivity index (χ0n) is 17.9. The second-order valence-corrected chi connectivity index (χ2v) is 8.34. The molecule has 0 saturated carbocycles. The Labute approximate surface area is 189 Å². The van der Waals surface area contributed by atoms with E-state index in [1.165, 1.54) is 0 Å². The summed E-state index contributed by atoms with van der Waals surface area (Å²) in [6, 6.07) is 12.6. The Bertz CT molecular complexity index is 870. The SMILES string of the molecule is CCCCNC(=O)[C@@H](CC)N(Cc1cccc(C)c1)C(=O)Cc1ccc(Cl)cc1Cl. The van der Waals surface area contributed by atoms with Gasteiger partial charge in [-0.15, -0.1) is 0 Å². The first-order valence-corrected chi connectivity index (χ1v) is 11.2. The Morgan fingerprint density at radius 2 is 1.87 bits per heavy atom. The lowest BCUT2D eigenvalue weighted by Crippen LogP contribution is -2.49. The van der Waals surface area contributed by atoms with Crippen LogP contribution in [0.25, 0.3) is 0 Å². The van der Waals surface area contributed by atoms with E-state index in [4.69, 9.17) is 23.2 Å². The maximum absolute atomic E-state index is 13.3. The highest BCUT2D eigenvalue weighted by atomic mass is 35.5. The van der Waals surface area contributed by atoms with Crippen LogP contribution in [-0.2, 0) is 22.6 Å². The number of nitrogens with zero attached hydrogens (tertiary/aromatic N) is 1. The van der Waals surface area contributed by atoms with Gasteiger partial charge >= 0.3 is 0 Å². The van der Waals surface area contributed by atoms with E-state index in [-0.39, 0.29) is 18.2 Å². The van der Waals surface area contributed by atoms with Crippen LogP contribution in [0.2, 0.25) is 10.0 Å². The van der Waals surface area contributed by atoms with Crippen LogP contribution < -0.4 is 5.32 Å². The topological polar surface area (TPSA) is 49.4 Å². The van der Waals surface area contributed by atoms with Crippen molar-refractivity contribution in [2.24, 2.45) is 0 Å². The smallest absolute Gasteiger partial charge is 0.242 e. The fourth-order valence-electron chi connectivity index (χ4n) is 3.36. The van der Waals surface area contributed by atoms with E-state index in [0.29, 0.717) is 35.1 Å². The van der Waals surface area contributed by atoms with E-state index in [0.717, 1.165) is 24.0 Å². The van der Waals surface area contributed by atoms with E-state index in [1.54, 1.807) is 23.1 Å². The van der Waals surface area contributed by atoms with Crippen molar-refractivity contribution >= 4 is 35.0 Å². The highest BCUT2D eigenvalue weighted by Gasteiger charge is 2.28. The van der Waals surface area contributed by atoms with E-state index < -0.39 is 6.04 Å². The number of hydrogen-bond acceptors (Lipinski definition) is 2. The first-order chi connectivity index (χ1) is 14.3. The molecule has 0 heterocycles. The Morgan fingerprint density at radius 3 is 2.50 bits per heavy atom. The second-order valence-electron chi connectivity index (χ2n) is 7.49. The van der Waals surface area contributed by atoms with Gasteiger partial charge in [0.25, 0.3) is 0 Å². The maximum Gasteiger partial charge on any atom is 0.242 e. The highest BCUT2D eigenvalue weighted by molar-refractivity contribution is 6.35. The van der Waals surface area contributed by atoms with E-state index in [1.807, 2.05) is 38.1 Å². The fourth-order valence-corrected chi connectivity index (χ4v) is 3.84. The van der Waals surface area contributed by atoms with Gasteiger partial charge in [0.15, 0.2) is 0 Å². The minimum Gasteiger partial charge on any atom is -0.354 e. The number of unbranched alkanes of at least 4 members (excludes halogenated alkanes) is 1. The van der Waals surface area contributed by atoms with Gasteiger partial charge in [-0.1, -0.05) is 79.4 Å². The summed E-state index contributed by atoms with van der Waals surface area (Å²) in [6.07, 6.45) is 2.55. The number of carbonyl (C=O) groups excluding carboxylic acids is 2. The van der Waals surface area contributed by atoms with Gasteiger partial charge in [0, 0.05) is 23.1 Å². The van der Waals surface area contributed by atoms with Gasteiger partial charge in [0.2, 0.25) is 11.8 Å². The minimum absolute atomic E-state index is 0.112. The van der Waals surface area contributed by atoms with Gasteiger partial charge in [-0.2, -0.15) is 0 Å². The van der Waals surface area contributed by atoms with Gasteiger partial charge in [-0.25, -0.2) is 0 Å². The molecule has 0 bridgehead atoms. The fraction of sp³-hybridized carbons (Fsp3) is 0.417. The van der Waals surface area contributed by atoms with Crippen molar-refractivity contribution in [2.75, 3.05) is 6.54 Å². The number of rotatable bonds is 10. The molecule has 4 nitrogen and oxygen atoms in total. The molecule has 162 valence electrons. The Balaban J connectivity index is 2.28. The van der Waals surface area contributed by atoms with Crippen LogP contribution in [0.1, 0.15) is 49.8 Å². The molecule has 2 amide bonds. The largest absolute Gasteiger partial charge is 0.354 e. The number of aryl methyl sites for hydroxylation is 1. The van der Waals surface area contributed by atoms with Crippen LogP contribution in [0.4, 0.5) is 0 Å². The monoisotopic (exact) mass is 448 g/mol. The molecule has 0 aliphatic rings. The number of halogens is 2. The molecule has 0 aromatic heterocycles. The number of nitrogens with one attached hydrogen (secondary N) is 1. The first kappa shape index (κ1) is 24.2. The number of amides is 2. The predicted molar refractivity (Wildman–Crippen MR) is 124 cm³/mol. The Hall–Kier alpha value is -2.04. The van der Waals surface area contributed by atoms with Crippen molar-refractivity contribution in [2.45, 2.75) is 59.0 Å². The van der Waals surface area contributed by atoms with Crippen molar-refractivity contribution in [3.8, 4) is 0 Å². The summed E-state index contributed by atoms with van der Waals surface area (Å²) in [6.45, 7) is 6.99. The standard InChI is InChI=1S/C24H30Cl2N2O2/c1-4-6-12-27-24(30)22(5-2)28(16-18-9-7-8-17(3)13-18)23(29)14-19-10-11-20(25)15-21(19)26/h7-11,13,15,22H,4-6,12,14,16H2,1-3H3,(H,27,30)/t22-/m1/s1. The van der Waals surface area contributed by atoms with Gasteiger partial charge in [0.05, 0.1) is 6.42 Å². The van der Waals surface area contributed by atoms with Crippen LogP contribution >= 0.6 is 23.2 Å². The van der Waals surface area contributed by atoms with Crippen LogP contribution in [-0.4, -0.2) is 29.3 Å². The molecule has 0 radical (unpaired) electrons. The molecule has 0 aliphatic heterocycles. The molecule has 0 spiro atoms. The molecule has 2 aromatic rings. The summed E-state index contributed by atoms with van der Waals surface area (Å²) in [7, 11) is 0. The predicted octanol–water partition coefficient (Wildman–Crippen LogP) is 5.57. The van der Waals surface area contributed by atoms with Gasteiger partial charge in [-0.3, -0.25) is 9.59 Å². The second kappa shape index (κ2) is 12.0.